The van der Waals surface area contributed by atoms with Gasteiger partial charge in [0, 0.05) is 0 Å². The van der Waals surface area contributed by atoms with E-state index in [-0.39, 0.29) is 6.15 Å². The zero-order chi connectivity index (χ0) is 11.6. The lowest BCUT2D eigenvalue weighted by Gasteiger charge is -2.36. The fourth-order valence-electron chi connectivity index (χ4n) is 2.84. The molecule has 0 saturated carbocycles. The van der Waals surface area contributed by atoms with Gasteiger partial charge in [0.15, 0.2) is 0 Å². The zero-order valence-corrected chi connectivity index (χ0v) is 11.6. The Balaban J connectivity index is 3.54. The third kappa shape index (κ3) is 6.27. The molecule has 0 fully saturated rings. The van der Waals surface area contributed by atoms with Gasteiger partial charge >= 0.3 is 0 Å². The molecule has 0 aromatic rings. The van der Waals surface area contributed by atoms with Crippen LogP contribution >= 0.6 is 0 Å². The Hall–Kier alpha value is 0.0649. The van der Waals surface area contributed by atoms with Crippen molar-refractivity contribution >= 4 is 6.15 Å². The summed E-state index contributed by atoms with van der Waals surface area (Å²) in [4.78, 5) is 0. The van der Waals surface area contributed by atoms with Crippen molar-refractivity contribution in [2.24, 2.45) is 0 Å². The Labute approximate surface area is 98.1 Å². The van der Waals surface area contributed by atoms with Crippen LogP contribution in [0.4, 0.5) is 0 Å². The average Bonchev–Trinajstić information content (AvgIpc) is 2.29. The standard InChI is InChI=1S/C14H32B/c1-5-9-10-11-12-13-14-15(6-2,7-3)8-4/h5-14H2,1-4H3/q-1. The minimum absolute atomic E-state index is 0.0156. The van der Waals surface area contributed by atoms with Gasteiger partial charge in [-0.2, -0.15) is 25.3 Å². The molecule has 0 aliphatic heterocycles. The highest BCUT2D eigenvalue weighted by molar-refractivity contribution is 6.79. The summed E-state index contributed by atoms with van der Waals surface area (Å²) in [5.41, 5.74) is 0. The zero-order valence-electron chi connectivity index (χ0n) is 11.6. The third-order valence-corrected chi connectivity index (χ3v) is 4.77. The molecule has 0 aromatic heterocycles. The average molecular weight is 211 g/mol. The van der Waals surface area contributed by atoms with Crippen LogP contribution in [-0.2, 0) is 0 Å². The van der Waals surface area contributed by atoms with Gasteiger partial charge in [-0.3, -0.25) is 0 Å². The molecule has 0 unspecified atom stereocenters. The van der Waals surface area contributed by atoms with Crippen LogP contribution in [-0.4, -0.2) is 6.15 Å². The Morgan fingerprint density at radius 2 is 1.07 bits per heavy atom. The molecule has 0 N–H and O–H groups in total. The van der Waals surface area contributed by atoms with E-state index < -0.39 is 0 Å². The van der Waals surface area contributed by atoms with E-state index in [1.807, 2.05) is 0 Å². The Bertz CT molecular complexity index is 119. The third-order valence-electron chi connectivity index (χ3n) is 4.77. The van der Waals surface area contributed by atoms with E-state index >= 15 is 0 Å². The fraction of sp³-hybridized carbons (Fsp3) is 1.00. The second-order valence-corrected chi connectivity index (χ2v) is 5.51. The fourth-order valence-corrected chi connectivity index (χ4v) is 2.84. The largest absolute Gasteiger partial charge is 0.181 e. The van der Waals surface area contributed by atoms with Crippen LogP contribution in [0.25, 0.3) is 0 Å². The summed E-state index contributed by atoms with van der Waals surface area (Å²) < 4.78 is 0. The van der Waals surface area contributed by atoms with Crippen LogP contribution in [0.5, 0.6) is 0 Å². The summed E-state index contributed by atoms with van der Waals surface area (Å²) in [6, 6.07) is 0. The van der Waals surface area contributed by atoms with Crippen LogP contribution in [0.1, 0.15) is 66.2 Å². The molecule has 0 rings (SSSR count). The predicted molar refractivity (Wildman–Crippen MR) is 75.4 cm³/mol. The Morgan fingerprint density at radius 1 is 0.600 bits per heavy atom. The molecular weight excluding hydrogens is 179 g/mol. The minimum atomic E-state index is 0.0156. The molecule has 0 heterocycles. The molecule has 0 bridgehead atoms. The van der Waals surface area contributed by atoms with E-state index in [4.69, 9.17) is 0 Å². The summed E-state index contributed by atoms with van der Waals surface area (Å²) in [5, 5.41) is 0. The van der Waals surface area contributed by atoms with E-state index in [1.54, 1.807) is 0 Å². The molecule has 1 heteroatoms. The maximum Gasteiger partial charge on any atom is -0.000221 e. The smallest absolute Gasteiger partial charge is 0.000221 e. The summed E-state index contributed by atoms with van der Waals surface area (Å²) >= 11 is 0. The van der Waals surface area contributed by atoms with Crippen LogP contribution in [0, 0.1) is 0 Å². The van der Waals surface area contributed by atoms with Gasteiger partial charge in [0.2, 0.25) is 0 Å². The van der Waals surface area contributed by atoms with E-state index in [2.05, 4.69) is 27.7 Å². The molecule has 0 aliphatic carbocycles. The molecule has 0 spiro atoms. The van der Waals surface area contributed by atoms with Gasteiger partial charge in [-0.05, 0) is 6.15 Å². The maximum absolute atomic E-state index is 2.39. The molecule has 0 saturated heterocycles. The van der Waals surface area contributed by atoms with Crippen molar-refractivity contribution in [2.75, 3.05) is 0 Å². The van der Waals surface area contributed by atoms with E-state index in [1.165, 1.54) is 63.8 Å². The van der Waals surface area contributed by atoms with Gasteiger partial charge in [-0.15, -0.1) is 0 Å². The summed E-state index contributed by atoms with van der Waals surface area (Å²) in [5.74, 6) is 0. The van der Waals surface area contributed by atoms with Crippen molar-refractivity contribution in [3.63, 3.8) is 0 Å². The topological polar surface area (TPSA) is 0 Å². The SMILES string of the molecule is CCCCCCCC[B-](CC)(CC)CC. The normalized spacial score (nSPS) is 12.0. The first-order valence-electron chi connectivity index (χ1n) is 7.46. The van der Waals surface area contributed by atoms with Crippen molar-refractivity contribution in [3.8, 4) is 0 Å². The number of unbranched alkanes of at least 4 members (excludes halogenated alkanes) is 5. The van der Waals surface area contributed by atoms with Crippen LogP contribution in [0.3, 0.4) is 0 Å². The first-order chi connectivity index (χ1) is 7.24. The molecule has 0 amide bonds. The molecule has 0 aromatic carbocycles. The van der Waals surface area contributed by atoms with Crippen molar-refractivity contribution < 1.29 is 0 Å². The van der Waals surface area contributed by atoms with Crippen molar-refractivity contribution in [1.29, 1.82) is 0 Å². The van der Waals surface area contributed by atoms with Crippen molar-refractivity contribution in [1.82, 2.24) is 0 Å². The van der Waals surface area contributed by atoms with Gasteiger partial charge in [0.05, 0.1) is 0 Å². The van der Waals surface area contributed by atoms with Gasteiger partial charge in [-0.25, -0.2) is 0 Å². The highest BCUT2D eigenvalue weighted by Gasteiger charge is 2.17. The van der Waals surface area contributed by atoms with Crippen molar-refractivity contribution in [3.05, 3.63) is 0 Å². The van der Waals surface area contributed by atoms with Gasteiger partial charge in [-0.1, -0.05) is 66.2 Å². The Kier molecular flexibility index (Phi) is 9.34. The summed E-state index contributed by atoms with van der Waals surface area (Å²) in [6.45, 7) is 9.47. The van der Waals surface area contributed by atoms with Gasteiger partial charge in [0.25, 0.3) is 0 Å². The second-order valence-electron chi connectivity index (χ2n) is 5.51. The second kappa shape index (κ2) is 9.30. The highest BCUT2D eigenvalue weighted by Crippen LogP contribution is 2.27. The van der Waals surface area contributed by atoms with Gasteiger partial charge < -0.3 is 0 Å². The highest BCUT2D eigenvalue weighted by atomic mass is 14.0. The monoisotopic (exact) mass is 211 g/mol. The number of rotatable bonds is 10. The molecule has 92 valence electrons. The lowest BCUT2D eigenvalue weighted by Crippen LogP contribution is -2.30. The van der Waals surface area contributed by atoms with Crippen LogP contribution in [0.2, 0.25) is 25.3 Å². The quantitative estimate of drug-likeness (QED) is 0.314. The van der Waals surface area contributed by atoms with Crippen molar-refractivity contribution in [2.45, 2.75) is 91.5 Å². The predicted octanol–water partition coefficient (Wildman–Crippen LogP) is 5.86. The molecule has 0 nitrogen and oxygen atoms in total. The lowest BCUT2D eigenvalue weighted by atomic mass is 9.19. The van der Waals surface area contributed by atoms with E-state index in [0.29, 0.717) is 0 Å². The van der Waals surface area contributed by atoms with Crippen LogP contribution < -0.4 is 0 Å². The Morgan fingerprint density at radius 3 is 1.53 bits per heavy atom. The lowest BCUT2D eigenvalue weighted by molar-refractivity contribution is 0.621. The first-order valence-corrected chi connectivity index (χ1v) is 7.46. The molecule has 0 aliphatic rings. The van der Waals surface area contributed by atoms with Crippen LogP contribution in [0.15, 0.2) is 0 Å². The maximum atomic E-state index is 2.39. The van der Waals surface area contributed by atoms with E-state index in [9.17, 15) is 0 Å². The molecule has 0 radical (unpaired) electrons. The number of hydrogen-bond acceptors (Lipinski definition) is 0. The molecule has 0 atom stereocenters. The summed E-state index contributed by atoms with van der Waals surface area (Å²) in [7, 11) is 0. The molecular formula is C14H32B-. The van der Waals surface area contributed by atoms with Gasteiger partial charge in [0.1, 0.15) is 0 Å². The first kappa shape index (κ1) is 15.1. The summed E-state index contributed by atoms with van der Waals surface area (Å²) in [6.07, 6.45) is 14.5. The van der Waals surface area contributed by atoms with E-state index in [0.717, 1.165) is 0 Å². The molecule has 15 heavy (non-hydrogen) atoms. The minimum Gasteiger partial charge on any atom is -0.181 e. The number of hydrogen-bond donors (Lipinski definition) is 0.